The van der Waals surface area contributed by atoms with E-state index < -0.39 is 23.8 Å². The van der Waals surface area contributed by atoms with Crippen LogP contribution in [0.3, 0.4) is 0 Å². The van der Waals surface area contributed by atoms with E-state index in [9.17, 15) is 19.5 Å². The Morgan fingerprint density at radius 1 is 1.13 bits per heavy atom. The molecule has 4 rings (SSSR count). The van der Waals surface area contributed by atoms with Crippen molar-refractivity contribution >= 4 is 46.5 Å². The second-order valence-corrected chi connectivity index (χ2v) is 9.78. The van der Waals surface area contributed by atoms with Gasteiger partial charge in [0.05, 0.1) is 17.9 Å². The van der Waals surface area contributed by atoms with Crippen LogP contribution in [0.15, 0.2) is 79.1 Å². The average Bonchev–Trinajstić information content (AvgIpc) is 3.34. The number of carboxylic acids is 1. The van der Waals surface area contributed by atoms with Crippen LogP contribution in [0.2, 0.25) is 0 Å². The summed E-state index contributed by atoms with van der Waals surface area (Å²) in [4.78, 5) is 43.7. The minimum absolute atomic E-state index is 0.0319. The second kappa shape index (κ2) is 13.0. The number of carbonyl (C=O) groups excluding carboxylic acids is 2. The van der Waals surface area contributed by atoms with Gasteiger partial charge in [0, 0.05) is 43.3 Å². The maximum absolute atomic E-state index is 13.3. The number of aromatic nitrogens is 1. The number of hydrogen-bond donors (Lipinski definition) is 4. The highest BCUT2D eigenvalue weighted by atomic mass is 32.1. The molecule has 4 N–H and O–H groups in total. The van der Waals surface area contributed by atoms with Crippen LogP contribution in [0, 0.1) is 11.8 Å². The predicted octanol–water partition coefficient (Wildman–Crippen LogP) is 3.89. The van der Waals surface area contributed by atoms with E-state index in [4.69, 9.17) is 12.2 Å². The number of rotatable bonds is 10. The van der Waals surface area contributed by atoms with E-state index in [0.717, 1.165) is 5.56 Å². The minimum atomic E-state index is -1.00. The summed E-state index contributed by atoms with van der Waals surface area (Å²) in [7, 11) is 0. The first-order valence-corrected chi connectivity index (χ1v) is 13.2. The van der Waals surface area contributed by atoms with Crippen LogP contribution in [0.25, 0.3) is 0 Å². The Balaban J connectivity index is 1.40. The molecule has 0 saturated carbocycles. The number of nitrogens with one attached hydrogen (secondary N) is 3. The van der Waals surface area contributed by atoms with Gasteiger partial charge in [-0.2, -0.15) is 0 Å². The Morgan fingerprint density at radius 2 is 1.92 bits per heavy atom. The Hall–Kier alpha value is -4.31. The smallest absolute Gasteiger partial charge is 0.308 e. The topological polar surface area (TPSA) is 124 Å². The van der Waals surface area contributed by atoms with E-state index in [2.05, 4.69) is 20.9 Å². The van der Waals surface area contributed by atoms with E-state index >= 15 is 0 Å². The first-order chi connectivity index (χ1) is 18.9. The number of thiocarbonyl (C=S) groups is 1. The fraction of sp³-hybridized carbons (Fsp3) is 0.276. The zero-order valence-corrected chi connectivity index (χ0v) is 22.4. The summed E-state index contributed by atoms with van der Waals surface area (Å²) in [6.07, 6.45) is 3.50. The average molecular weight is 546 g/mol. The number of anilines is 2. The van der Waals surface area contributed by atoms with Crippen LogP contribution < -0.4 is 20.9 Å². The van der Waals surface area contributed by atoms with Gasteiger partial charge in [-0.1, -0.05) is 49.4 Å². The second-order valence-electron chi connectivity index (χ2n) is 9.37. The van der Waals surface area contributed by atoms with E-state index in [-0.39, 0.29) is 24.8 Å². The van der Waals surface area contributed by atoms with Crippen molar-refractivity contribution in [1.29, 1.82) is 0 Å². The molecular formula is C29H31N5O4S. The summed E-state index contributed by atoms with van der Waals surface area (Å²) in [5, 5.41) is 19.4. The maximum atomic E-state index is 13.3. The summed E-state index contributed by atoms with van der Waals surface area (Å²) in [5.41, 5.74) is 3.06. The van der Waals surface area contributed by atoms with Gasteiger partial charge in [-0.05, 0) is 54.0 Å². The molecule has 0 bridgehead atoms. The van der Waals surface area contributed by atoms with Gasteiger partial charge in [0.25, 0.3) is 0 Å². The lowest BCUT2D eigenvalue weighted by atomic mass is 9.91. The SMILES string of the molecule is CCC(C(=O)O)C(NC(=O)C1CC(=O)N(c2cccc(NC(=S)NCc3ccccc3)c2)C1)c1cccnc1. The number of amides is 2. The van der Waals surface area contributed by atoms with Gasteiger partial charge in [0.15, 0.2) is 5.11 Å². The van der Waals surface area contributed by atoms with E-state index in [0.29, 0.717) is 35.0 Å². The quantitative estimate of drug-likeness (QED) is 0.283. The molecule has 39 heavy (non-hydrogen) atoms. The van der Waals surface area contributed by atoms with Crippen molar-refractivity contribution in [2.75, 3.05) is 16.8 Å². The molecule has 2 heterocycles. The Kier molecular flexibility index (Phi) is 9.22. The molecule has 2 aromatic carbocycles. The normalized spacial score (nSPS) is 16.3. The molecule has 1 aliphatic heterocycles. The van der Waals surface area contributed by atoms with Crippen LogP contribution in [0.4, 0.5) is 11.4 Å². The minimum Gasteiger partial charge on any atom is -0.481 e. The first-order valence-electron chi connectivity index (χ1n) is 12.8. The molecule has 1 aromatic heterocycles. The summed E-state index contributed by atoms with van der Waals surface area (Å²) >= 11 is 5.42. The molecule has 0 aliphatic carbocycles. The highest BCUT2D eigenvalue weighted by molar-refractivity contribution is 7.80. The predicted molar refractivity (Wildman–Crippen MR) is 153 cm³/mol. The summed E-state index contributed by atoms with van der Waals surface area (Å²) < 4.78 is 0. The third-order valence-corrected chi connectivity index (χ3v) is 6.95. The van der Waals surface area contributed by atoms with Crippen LogP contribution in [-0.4, -0.2) is 39.5 Å². The van der Waals surface area contributed by atoms with E-state index in [1.807, 2.05) is 48.5 Å². The van der Waals surface area contributed by atoms with Crippen molar-refractivity contribution in [3.8, 4) is 0 Å². The highest BCUT2D eigenvalue weighted by Crippen LogP contribution is 2.30. The van der Waals surface area contributed by atoms with Gasteiger partial charge in [0.2, 0.25) is 11.8 Å². The van der Waals surface area contributed by atoms with Crippen molar-refractivity contribution in [2.24, 2.45) is 11.8 Å². The number of nitrogens with zero attached hydrogens (tertiary/aromatic N) is 2. The molecule has 0 radical (unpaired) electrons. The van der Waals surface area contributed by atoms with Crippen molar-refractivity contribution < 1.29 is 19.5 Å². The number of benzene rings is 2. The number of carboxylic acid groups (broad SMARTS) is 1. The summed E-state index contributed by atoms with van der Waals surface area (Å²) in [6.45, 7) is 2.53. The van der Waals surface area contributed by atoms with Crippen molar-refractivity contribution in [2.45, 2.75) is 32.4 Å². The Bertz CT molecular complexity index is 1320. The standard InChI is InChI=1S/C29H31N5O4S/c1-2-24(28(37)38)26(20-10-7-13-30-17-20)33-27(36)21-14-25(35)34(18-21)23-12-6-11-22(15-23)32-29(39)31-16-19-8-4-3-5-9-19/h3-13,15,17,21,24,26H,2,14,16,18H2,1H3,(H,33,36)(H,37,38)(H2,31,32,39). The monoisotopic (exact) mass is 545 g/mol. The third-order valence-electron chi connectivity index (χ3n) is 6.71. The molecular weight excluding hydrogens is 514 g/mol. The molecule has 3 unspecified atom stereocenters. The summed E-state index contributed by atoms with van der Waals surface area (Å²) in [6, 6.07) is 19.9. The largest absolute Gasteiger partial charge is 0.481 e. The maximum Gasteiger partial charge on any atom is 0.308 e. The van der Waals surface area contributed by atoms with Crippen LogP contribution in [-0.2, 0) is 20.9 Å². The van der Waals surface area contributed by atoms with E-state index in [1.54, 1.807) is 42.4 Å². The molecule has 9 nitrogen and oxygen atoms in total. The molecule has 2 amide bonds. The zero-order valence-electron chi connectivity index (χ0n) is 21.5. The fourth-order valence-electron chi connectivity index (χ4n) is 4.64. The molecule has 1 fully saturated rings. The van der Waals surface area contributed by atoms with Crippen molar-refractivity contribution in [1.82, 2.24) is 15.6 Å². The lowest BCUT2D eigenvalue weighted by Crippen LogP contribution is -2.40. The molecule has 0 spiro atoms. The fourth-order valence-corrected chi connectivity index (χ4v) is 4.83. The Morgan fingerprint density at radius 3 is 2.62 bits per heavy atom. The van der Waals surface area contributed by atoms with Gasteiger partial charge < -0.3 is 26.0 Å². The molecule has 3 atom stereocenters. The zero-order chi connectivity index (χ0) is 27.8. The molecule has 1 aliphatic rings. The third kappa shape index (κ3) is 7.17. The number of aliphatic carboxylic acids is 1. The molecule has 10 heteroatoms. The van der Waals surface area contributed by atoms with E-state index in [1.165, 1.54) is 0 Å². The molecule has 3 aromatic rings. The lowest BCUT2D eigenvalue weighted by Gasteiger charge is -2.26. The van der Waals surface area contributed by atoms with Crippen molar-refractivity contribution in [3.05, 3.63) is 90.3 Å². The van der Waals surface area contributed by atoms with Gasteiger partial charge >= 0.3 is 5.97 Å². The number of carbonyl (C=O) groups is 3. The van der Waals surface area contributed by atoms with Crippen LogP contribution >= 0.6 is 12.2 Å². The van der Waals surface area contributed by atoms with Crippen LogP contribution in [0.5, 0.6) is 0 Å². The molecule has 1 saturated heterocycles. The number of pyridine rings is 1. The van der Waals surface area contributed by atoms with Gasteiger partial charge in [-0.25, -0.2) is 0 Å². The number of hydrogen-bond acceptors (Lipinski definition) is 5. The summed E-state index contributed by atoms with van der Waals surface area (Å²) in [5.74, 6) is -2.99. The Labute approximate surface area is 232 Å². The van der Waals surface area contributed by atoms with Gasteiger partial charge in [-0.15, -0.1) is 0 Å². The van der Waals surface area contributed by atoms with Gasteiger partial charge in [0.1, 0.15) is 0 Å². The van der Waals surface area contributed by atoms with Gasteiger partial charge in [-0.3, -0.25) is 19.4 Å². The lowest BCUT2D eigenvalue weighted by molar-refractivity contribution is -0.143. The molecule has 202 valence electrons. The highest BCUT2D eigenvalue weighted by Gasteiger charge is 2.38. The first kappa shape index (κ1) is 27.7. The van der Waals surface area contributed by atoms with Crippen molar-refractivity contribution in [3.63, 3.8) is 0 Å². The van der Waals surface area contributed by atoms with Crippen LogP contribution in [0.1, 0.15) is 36.9 Å².